The minimum absolute atomic E-state index is 0.166. The number of aryl methyl sites for hydroxylation is 1. The molecule has 10 nitrogen and oxygen atoms in total. The van der Waals surface area contributed by atoms with Gasteiger partial charge in [-0.25, -0.2) is 4.68 Å². The second-order valence-corrected chi connectivity index (χ2v) is 6.36. The molecule has 1 aliphatic rings. The molecule has 1 aliphatic heterocycles. The van der Waals surface area contributed by atoms with Crippen molar-refractivity contribution >= 4 is 17.4 Å². The van der Waals surface area contributed by atoms with Crippen molar-refractivity contribution in [1.29, 1.82) is 0 Å². The van der Waals surface area contributed by atoms with Crippen LogP contribution < -0.4 is 15.8 Å². The first kappa shape index (κ1) is 18.1. The molecular weight excluding hydrogens is 336 g/mol. The van der Waals surface area contributed by atoms with E-state index in [9.17, 15) is 9.59 Å². The Labute approximate surface area is 151 Å². The number of rotatable bonds is 5. The zero-order valence-electron chi connectivity index (χ0n) is 15.1. The van der Waals surface area contributed by atoms with Gasteiger partial charge in [0.25, 0.3) is 5.56 Å². The molecule has 1 N–H and O–H groups in total. The van der Waals surface area contributed by atoms with E-state index in [2.05, 4.69) is 37.6 Å². The first-order valence-corrected chi connectivity index (χ1v) is 8.76. The molecule has 0 aliphatic carbocycles. The van der Waals surface area contributed by atoms with Crippen LogP contribution in [0.25, 0.3) is 0 Å². The van der Waals surface area contributed by atoms with Crippen LogP contribution in [0.1, 0.15) is 13.3 Å². The molecule has 3 heterocycles. The zero-order chi connectivity index (χ0) is 18.5. The molecule has 3 rings (SSSR count). The lowest BCUT2D eigenvalue weighted by molar-refractivity contribution is -0.117. The fraction of sp³-hybridized carbons (Fsp3) is 0.562. The van der Waals surface area contributed by atoms with Gasteiger partial charge >= 0.3 is 0 Å². The number of amides is 1. The van der Waals surface area contributed by atoms with Crippen LogP contribution in [0.5, 0.6) is 0 Å². The number of nitrogens with one attached hydrogen (secondary N) is 1. The molecule has 10 heteroatoms. The summed E-state index contributed by atoms with van der Waals surface area (Å²) in [5, 5.41) is 14.5. The third kappa shape index (κ3) is 4.45. The fourth-order valence-corrected chi connectivity index (χ4v) is 2.85. The lowest BCUT2D eigenvalue weighted by Crippen LogP contribution is -2.33. The maximum atomic E-state index is 12.3. The van der Waals surface area contributed by atoms with E-state index >= 15 is 0 Å². The van der Waals surface area contributed by atoms with Crippen LogP contribution in [0.15, 0.2) is 23.3 Å². The van der Waals surface area contributed by atoms with E-state index in [4.69, 9.17) is 0 Å². The predicted octanol–water partition coefficient (Wildman–Crippen LogP) is -0.365. The van der Waals surface area contributed by atoms with Gasteiger partial charge in [-0.15, -0.1) is 5.10 Å². The number of anilines is 2. The summed E-state index contributed by atoms with van der Waals surface area (Å²) >= 11 is 0. The van der Waals surface area contributed by atoms with E-state index in [-0.39, 0.29) is 18.0 Å². The number of hydrogen-bond donors (Lipinski definition) is 1. The Hall–Kier alpha value is -2.75. The van der Waals surface area contributed by atoms with E-state index < -0.39 is 0 Å². The van der Waals surface area contributed by atoms with Crippen molar-refractivity contribution in [3.8, 4) is 0 Å². The normalized spacial score (nSPS) is 15.7. The monoisotopic (exact) mass is 360 g/mol. The van der Waals surface area contributed by atoms with Crippen molar-refractivity contribution in [1.82, 2.24) is 29.7 Å². The van der Waals surface area contributed by atoms with Crippen LogP contribution in [0.2, 0.25) is 0 Å². The topological polar surface area (TPSA) is 101 Å². The van der Waals surface area contributed by atoms with Gasteiger partial charge in [-0.1, -0.05) is 5.21 Å². The van der Waals surface area contributed by atoms with Crippen molar-refractivity contribution in [2.24, 2.45) is 0 Å². The Morgan fingerprint density at radius 3 is 2.85 bits per heavy atom. The van der Waals surface area contributed by atoms with E-state index in [0.29, 0.717) is 12.4 Å². The highest BCUT2D eigenvalue weighted by molar-refractivity contribution is 5.89. The second kappa shape index (κ2) is 8.09. The summed E-state index contributed by atoms with van der Waals surface area (Å²) in [7, 11) is 2.09. The molecule has 1 amide bonds. The summed E-state index contributed by atoms with van der Waals surface area (Å²) < 4.78 is 2.75. The molecule has 0 aromatic carbocycles. The molecule has 0 spiro atoms. The highest BCUT2D eigenvalue weighted by Crippen LogP contribution is 2.12. The highest BCUT2D eigenvalue weighted by atomic mass is 16.2. The van der Waals surface area contributed by atoms with Gasteiger partial charge in [0.1, 0.15) is 6.54 Å². The molecule has 1 fully saturated rings. The smallest absolute Gasteiger partial charge is 0.269 e. The van der Waals surface area contributed by atoms with E-state index in [0.717, 1.165) is 43.0 Å². The van der Waals surface area contributed by atoms with Crippen molar-refractivity contribution in [3.05, 3.63) is 28.8 Å². The largest absolute Gasteiger partial charge is 0.369 e. The number of aromatic nitrogens is 5. The van der Waals surface area contributed by atoms with Gasteiger partial charge < -0.3 is 15.1 Å². The number of nitrogens with zero attached hydrogens (tertiary/aromatic N) is 7. The van der Waals surface area contributed by atoms with Gasteiger partial charge in [-0.3, -0.25) is 14.3 Å². The summed E-state index contributed by atoms with van der Waals surface area (Å²) in [5.41, 5.74) is 0.500. The van der Waals surface area contributed by atoms with Gasteiger partial charge in [0.15, 0.2) is 5.82 Å². The van der Waals surface area contributed by atoms with Crippen LogP contribution >= 0.6 is 0 Å². The van der Waals surface area contributed by atoms with Crippen LogP contribution in [-0.4, -0.2) is 68.8 Å². The minimum atomic E-state index is -0.369. The van der Waals surface area contributed by atoms with Crippen molar-refractivity contribution < 1.29 is 4.79 Å². The highest BCUT2D eigenvalue weighted by Gasteiger charge is 2.15. The molecule has 0 saturated carbocycles. The Bertz CT molecular complexity index is 815. The first-order valence-electron chi connectivity index (χ1n) is 8.76. The van der Waals surface area contributed by atoms with Crippen LogP contribution in [0, 0.1) is 0 Å². The Balaban J connectivity index is 1.63. The van der Waals surface area contributed by atoms with Gasteiger partial charge in [-0.2, -0.15) is 5.10 Å². The molecule has 140 valence electrons. The maximum absolute atomic E-state index is 12.3. The maximum Gasteiger partial charge on any atom is 0.269 e. The van der Waals surface area contributed by atoms with Crippen LogP contribution in [0.4, 0.5) is 11.5 Å². The molecule has 2 aromatic heterocycles. The lowest BCUT2D eigenvalue weighted by atomic mass is 10.3. The van der Waals surface area contributed by atoms with Crippen molar-refractivity contribution in [2.45, 2.75) is 26.4 Å². The summed E-state index contributed by atoms with van der Waals surface area (Å²) in [4.78, 5) is 28.8. The standard InChI is InChI=1S/C16H24N8O2/c1-3-23-11-14(19-20-23)18-15(25)12-24-16(26)9-13(10-17-24)22-6-4-5-21(2)7-8-22/h9-11H,3-8,12H2,1-2H3,(H,18,25). The number of carbonyl (C=O) groups is 1. The van der Waals surface area contributed by atoms with Gasteiger partial charge in [0.2, 0.25) is 5.91 Å². The zero-order valence-corrected chi connectivity index (χ0v) is 15.1. The summed E-state index contributed by atoms with van der Waals surface area (Å²) in [5.74, 6) is -0.0119. The number of likely N-dealkylation sites (N-methyl/N-ethyl adjacent to an activating group) is 1. The van der Waals surface area contributed by atoms with E-state index in [1.807, 2.05) is 6.92 Å². The average molecular weight is 360 g/mol. The Morgan fingerprint density at radius 1 is 1.27 bits per heavy atom. The predicted molar refractivity (Wildman–Crippen MR) is 97.1 cm³/mol. The molecule has 0 radical (unpaired) electrons. The minimum Gasteiger partial charge on any atom is -0.369 e. The summed E-state index contributed by atoms with van der Waals surface area (Å²) in [6.45, 7) is 6.16. The third-order valence-corrected chi connectivity index (χ3v) is 4.36. The van der Waals surface area contributed by atoms with Gasteiger partial charge in [0.05, 0.1) is 18.1 Å². The summed E-state index contributed by atoms with van der Waals surface area (Å²) in [6, 6.07) is 1.54. The molecule has 0 bridgehead atoms. The average Bonchev–Trinajstić information content (AvgIpc) is 2.95. The molecule has 0 atom stereocenters. The van der Waals surface area contributed by atoms with E-state index in [1.165, 1.54) is 0 Å². The SMILES string of the molecule is CCn1cc(NC(=O)Cn2ncc(N3CCCN(C)CC3)cc2=O)nn1. The van der Waals surface area contributed by atoms with E-state index in [1.54, 1.807) is 23.1 Å². The Morgan fingerprint density at radius 2 is 2.12 bits per heavy atom. The second-order valence-electron chi connectivity index (χ2n) is 6.36. The first-order chi connectivity index (χ1) is 12.5. The third-order valence-electron chi connectivity index (χ3n) is 4.36. The van der Waals surface area contributed by atoms with Crippen molar-refractivity contribution in [3.63, 3.8) is 0 Å². The fourth-order valence-electron chi connectivity index (χ4n) is 2.85. The number of carbonyl (C=O) groups excluding carboxylic acids is 1. The molecule has 1 saturated heterocycles. The van der Waals surface area contributed by atoms with Crippen LogP contribution in [-0.2, 0) is 17.9 Å². The number of hydrogen-bond acceptors (Lipinski definition) is 7. The van der Waals surface area contributed by atoms with Crippen LogP contribution in [0.3, 0.4) is 0 Å². The van der Waals surface area contributed by atoms with Gasteiger partial charge in [0, 0.05) is 32.2 Å². The van der Waals surface area contributed by atoms with Gasteiger partial charge in [-0.05, 0) is 26.9 Å². The molecule has 2 aromatic rings. The Kier molecular flexibility index (Phi) is 5.61. The summed E-state index contributed by atoms with van der Waals surface area (Å²) in [6.07, 6.45) is 4.32. The molecular formula is C16H24N8O2. The quantitative estimate of drug-likeness (QED) is 0.777. The lowest BCUT2D eigenvalue weighted by Gasteiger charge is -2.22. The molecule has 26 heavy (non-hydrogen) atoms. The molecule has 0 unspecified atom stereocenters. The van der Waals surface area contributed by atoms with Crippen molar-refractivity contribution in [2.75, 3.05) is 43.4 Å².